The molecule has 5 heteroatoms. The molecule has 0 unspecified atom stereocenters. The van der Waals surface area contributed by atoms with Crippen LogP contribution in [0.15, 0.2) is 121 Å². The Bertz CT molecular complexity index is 1120. The maximum absolute atomic E-state index is 11.8. The predicted octanol–water partition coefficient (Wildman–Crippen LogP) is 4.76. The van der Waals surface area contributed by atoms with Crippen molar-refractivity contribution < 1.29 is 24.6 Å². The fraction of sp³-hybridized carbons (Fsp3) is 0.0357. The molecule has 4 aromatic rings. The summed E-state index contributed by atoms with van der Waals surface area (Å²) >= 11 is 0. The molecule has 0 aliphatic heterocycles. The van der Waals surface area contributed by atoms with Crippen LogP contribution in [0.3, 0.4) is 0 Å². The Morgan fingerprint density at radius 2 is 0.758 bits per heavy atom. The Kier molecular flexibility index (Phi) is 7.63. The summed E-state index contributed by atoms with van der Waals surface area (Å²) in [5.74, 6) is -2.21. The summed E-state index contributed by atoms with van der Waals surface area (Å²) in [4.78, 5) is 35.0. The van der Waals surface area contributed by atoms with Crippen LogP contribution in [0, 0.1) is 0 Å². The van der Waals surface area contributed by atoms with E-state index in [-0.39, 0.29) is 0 Å². The van der Waals surface area contributed by atoms with Gasteiger partial charge in [0.25, 0.3) is 0 Å². The van der Waals surface area contributed by atoms with Crippen LogP contribution in [0.4, 0.5) is 0 Å². The molecule has 0 saturated heterocycles. The lowest BCUT2D eigenvalue weighted by atomic mass is 9.86. The fourth-order valence-corrected chi connectivity index (χ4v) is 3.21. The van der Waals surface area contributed by atoms with E-state index in [1.165, 1.54) is 0 Å². The molecule has 0 aliphatic carbocycles. The van der Waals surface area contributed by atoms with Crippen molar-refractivity contribution in [3.05, 3.63) is 144 Å². The Morgan fingerprint density at radius 1 is 0.485 bits per heavy atom. The van der Waals surface area contributed by atoms with Crippen LogP contribution in [0.1, 0.15) is 31.8 Å². The highest BCUT2D eigenvalue weighted by molar-refractivity contribution is 6.49. The third kappa shape index (κ3) is 5.47. The van der Waals surface area contributed by atoms with Crippen molar-refractivity contribution in [1.82, 2.24) is 0 Å². The summed E-state index contributed by atoms with van der Waals surface area (Å²) in [5.41, 5.74) is -0.451. The van der Waals surface area contributed by atoms with Crippen LogP contribution >= 0.6 is 0 Å². The molecule has 0 radical (unpaired) electrons. The van der Waals surface area contributed by atoms with E-state index in [9.17, 15) is 24.6 Å². The number of aliphatic carboxylic acids is 1. The first-order valence-corrected chi connectivity index (χ1v) is 10.2. The number of carboxylic acids is 1. The minimum absolute atomic E-state index is 0.346. The molecule has 0 bridgehead atoms. The molecule has 2 N–H and O–H groups in total. The van der Waals surface area contributed by atoms with Gasteiger partial charge in [0, 0.05) is 11.1 Å². The highest BCUT2D eigenvalue weighted by atomic mass is 16.4. The van der Waals surface area contributed by atoms with Crippen LogP contribution in [0.25, 0.3) is 0 Å². The first kappa shape index (κ1) is 23.3. The van der Waals surface area contributed by atoms with Gasteiger partial charge in [-0.2, -0.15) is 0 Å². The molecule has 0 aliphatic rings. The van der Waals surface area contributed by atoms with E-state index in [1.54, 1.807) is 109 Å². The minimum Gasteiger partial charge on any atom is -0.479 e. The standard InChI is InChI=1S/C14H12O3.C14H10O2/c15-13(16)14(17,11-7-3-1-4-8-11)12-9-5-2-6-10-12;15-13(11-7-3-1-4-8-11)14(16)12-9-5-2-6-10-12/h1-10,17H,(H,15,16);1-10H. The summed E-state index contributed by atoms with van der Waals surface area (Å²) < 4.78 is 0. The average molecular weight is 438 g/mol. The number of hydrogen-bond donors (Lipinski definition) is 2. The third-order valence-corrected chi connectivity index (χ3v) is 4.97. The van der Waals surface area contributed by atoms with Gasteiger partial charge in [-0.3, -0.25) is 9.59 Å². The van der Waals surface area contributed by atoms with Crippen LogP contribution in [-0.4, -0.2) is 27.7 Å². The number of carbonyl (C=O) groups is 3. The summed E-state index contributed by atoms with van der Waals surface area (Å²) in [7, 11) is 0. The maximum atomic E-state index is 11.8. The van der Waals surface area contributed by atoms with Gasteiger partial charge in [-0.15, -0.1) is 0 Å². The molecule has 164 valence electrons. The van der Waals surface area contributed by atoms with Crippen LogP contribution in [0.2, 0.25) is 0 Å². The van der Waals surface area contributed by atoms with E-state index in [4.69, 9.17) is 0 Å². The Morgan fingerprint density at radius 3 is 1.03 bits per heavy atom. The van der Waals surface area contributed by atoms with E-state index in [1.807, 2.05) is 12.1 Å². The van der Waals surface area contributed by atoms with Crippen LogP contribution in [0.5, 0.6) is 0 Å². The lowest BCUT2D eigenvalue weighted by molar-refractivity contribution is -0.155. The number of ketones is 2. The second-order valence-electron chi connectivity index (χ2n) is 7.14. The number of Topliss-reactive ketones (excluding diaryl/α,β-unsaturated/α-hetero) is 2. The molecule has 0 aromatic heterocycles. The molecular weight excluding hydrogens is 416 g/mol. The zero-order valence-corrected chi connectivity index (χ0v) is 17.7. The molecular formula is C28H22O5. The molecule has 0 saturated carbocycles. The normalized spacial score (nSPS) is 10.5. The highest BCUT2D eigenvalue weighted by Crippen LogP contribution is 2.29. The van der Waals surface area contributed by atoms with Crippen molar-refractivity contribution in [2.24, 2.45) is 0 Å². The van der Waals surface area contributed by atoms with E-state index in [0.717, 1.165) is 0 Å². The molecule has 0 spiro atoms. The number of hydrogen-bond acceptors (Lipinski definition) is 4. The Labute approximate surface area is 191 Å². The monoisotopic (exact) mass is 438 g/mol. The van der Waals surface area contributed by atoms with Gasteiger partial charge in [0.15, 0.2) is 0 Å². The quantitative estimate of drug-likeness (QED) is 0.335. The number of rotatable bonds is 6. The van der Waals surface area contributed by atoms with E-state index >= 15 is 0 Å². The van der Waals surface area contributed by atoms with Gasteiger partial charge >= 0.3 is 5.97 Å². The largest absolute Gasteiger partial charge is 0.479 e. The Hall–Kier alpha value is -4.35. The first-order chi connectivity index (χ1) is 15.9. The van der Waals surface area contributed by atoms with Gasteiger partial charge in [0.1, 0.15) is 0 Å². The van der Waals surface area contributed by atoms with Crippen molar-refractivity contribution >= 4 is 17.5 Å². The zero-order chi connectivity index (χ0) is 23.7. The van der Waals surface area contributed by atoms with Gasteiger partial charge < -0.3 is 10.2 Å². The van der Waals surface area contributed by atoms with E-state index < -0.39 is 23.1 Å². The average Bonchev–Trinajstić information content (AvgIpc) is 2.89. The SMILES string of the molecule is O=C(C(=O)c1ccccc1)c1ccccc1.O=C(O)C(O)(c1ccccc1)c1ccccc1. The predicted molar refractivity (Wildman–Crippen MR) is 125 cm³/mol. The number of aliphatic hydroxyl groups is 1. The summed E-state index contributed by atoms with van der Waals surface area (Å²) in [6, 6.07) is 33.9. The summed E-state index contributed by atoms with van der Waals surface area (Å²) in [5, 5.41) is 19.7. The topological polar surface area (TPSA) is 91.7 Å². The summed E-state index contributed by atoms with van der Waals surface area (Å²) in [6.07, 6.45) is 0. The second-order valence-corrected chi connectivity index (χ2v) is 7.14. The van der Waals surface area contributed by atoms with Crippen molar-refractivity contribution in [3.63, 3.8) is 0 Å². The van der Waals surface area contributed by atoms with Crippen molar-refractivity contribution in [1.29, 1.82) is 0 Å². The van der Waals surface area contributed by atoms with Crippen LogP contribution in [-0.2, 0) is 10.4 Å². The van der Waals surface area contributed by atoms with E-state index in [0.29, 0.717) is 22.3 Å². The van der Waals surface area contributed by atoms with Crippen molar-refractivity contribution in [2.75, 3.05) is 0 Å². The first-order valence-electron chi connectivity index (χ1n) is 10.2. The molecule has 0 amide bonds. The van der Waals surface area contributed by atoms with E-state index in [2.05, 4.69) is 0 Å². The van der Waals surface area contributed by atoms with Gasteiger partial charge in [-0.1, -0.05) is 121 Å². The lowest BCUT2D eigenvalue weighted by Gasteiger charge is -2.24. The van der Waals surface area contributed by atoms with Crippen molar-refractivity contribution in [2.45, 2.75) is 5.60 Å². The van der Waals surface area contributed by atoms with Gasteiger partial charge in [-0.05, 0) is 11.1 Å². The van der Waals surface area contributed by atoms with Gasteiger partial charge in [-0.25, -0.2) is 4.79 Å². The molecule has 0 fully saturated rings. The van der Waals surface area contributed by atoms with Gasteiger partial charge in [0.05, 0.1) is 0 Å². The maximum Gasteiger partial charge on any atom is 0.345 e. The molecule has 5 nitrogen and oxygen atoms in total. The minimum atomic E-state index is -2.00. The molecule has 4 rings (SSSR count). The molecule has 0 atom stereocenters. The van der Waals surface area contributed by atoms with Gasteiger partial charge in [0.2, 0.25) is 17.2 Å². The fourth-order valence-electron chi connectivity index (χ4n) is 3.21. The smallest absolute Gasteiger partial charge is 0.345 e. The zero-order valence-electron chi connectivity index (χ0n) is 17.7. The third-order valence-electron chi connectivity index (χ3n) is 4.97. The second kappa shape index (κ2) is 10.8. The lowest BCUT2D eigenvalue weighted by Crippen LogP contribution is -2.36. The summed E-state index contributed by atoms with van der Waals surface area (Å²) in [6.45, 7) is 0. The van der Waals surface area contributed by atoms with Crippen molar-refractivity contribution in [3.8, 4) is 0 Å². The number of carboxylic acid groups (broad SMARTS) is 1. The number of carbonyl (C=O) groups excluding carboxylic acids is 2. The number of benzene rings is 4. The molecule has 0 heterocycles. The Balaban J connectivity index is 0.000000186. The molecule has 4 aromatic carbocycles. The molecule has 33 heavy (non-hydrogen) atoms. The van der Waals surface area contributed by atoms with Crippen LogP contribution < -0.4 is 0 Å². The highest BCUT2D eigenvalue weighted by Gasteiger charge is 2.39.